The number of hydrogen-bond acceptors (Lipinski definition) is 3. The van der Waals surface area contributed by atoms with Gasteiger partial charge in [0.25, 0.3) is 0 Å². The molecule has 0 saturated carbocycles. The highest BCUT2D eigenvalue weighted by Gasteiger charge is 2.10. The SMILES string of the molecule is Cc1cc(Cc2ccccc2OC(F)F)ncn1. The molecule has 0 aliphatic heterocycles. The number of halogens is 2. The number of nitrogens with zero attached hydrogens (tertiary/aromatic N) is 2. The summed E-state index contributed by atoms with van der Waals surface area (Å²) in [6.07, 6.45) is 1.90. The average molecular weight is 250 g/mol. The molecule has 3 nitrogen and oxygen atoms in total. The van der Waals surface area contributed by atoms with E-state index >= 15 is 0 Å². The van der Waals surface area contributed by atoms with Crippen LogP contribution in [-0.4, -0.2) is 16.6 Å². The lowest BCUT2D eigenvalue weighted by Crippen LogP contribution is -2.05. The van der Waals surface area contributed by atoms with E-state index in [-0.39, 0.29) is 5.75 Å². The van der Waals surface area contributed by atoms with Gasteiger partial charge in [0, 0.05) is 23.4 Å². The molecule has 0 fully saturated rings. The average Bonchev–Trinajstić information content (AvgIpc) is 2.31. The van der Waals surface area contributed by atoms with Gasteiger partial charge in [-0.3, -0.25) is 0 Å². The zero-order chi connectivity index (χ0) is 13.0. The van der Waals surface area contributed by atoms with Crippen molar-refractivity contribution in [3.8, 4) is 5.75 Å². The molecule has 1 aromatic heterocycles. The molecule has 2 aromatic rings. The summed E-state index contributed by atoms with van der Waals surface area (Å²) in [5, 5.41) is 0. The molecule has 0 bridgehead atoms. The molecular weight excluding hydrogens is 238 g/mol. The van der Waals surface area contributed by atoms with Gasteiger partial charge in [0.05, 0.1) is 0 Å². The first-order valence-electron chi connectivity index (χ1n) is 5.45. The van der Waals surface area contributed by atoms with E-state index in [9.17, 15) is 8.78 Å². The Morgan fingerprint density at radius 1 is 1.22 bits per heavy atom. The number of aromatic nitrogens is 2. The zero-order valence-electron chi connectivity index (χ0n) is 9.81. The van der Waals surface area contributed by atoms with E-state index in [0.717, 1.165) is 11.4 Å². The largest absolute Gasteiger partial charge is 0.435 e. The third-order valence-electron chi connectivity index (χ3n) is 2.42. The Labute approximate surface area is 103 Å². The van der Waals surface area contributed by atoms with Gasteiger partial charge in [0.15, 0.2) is 0 Å². The Morgan fingerprint density at radius 3 is 2.72 bits per heavy atom. The molecule has 0 radical (unpaired) electrons. The molecule has 0 N–H and O–H groups in total. The number of benzene rings is 1. The van der Waals surface area contributed by atoms with E-state index in [2.05, 4.69) is 14.7 Å². The molecule has 0 amide bonds. The number of ether oxygens (including phenoxy) is 1. The van der Waals surface area contributed by atoms with Crippen molar-refractivity contribution in [2.45, 2.75) is 20.0 Å². The molecule has 0 aliphatic carbocycles. The predicted octanol–water partition coefficient (Wildman–Crippen LogP) is 2.98. The number of rotatable bonds is 4. The molecule has 0 aliphatic rings. The van der Waals surface area contributed by atoms with Crippen molar-refractivity contribution in [3.05, 3.63) is 53.6 Å². The second-order valence-electron chi connectivity index (χ2n) is 3.81. The first-order valence-corrected chi connectivity index (χ1v) is 5.45. The highest BCUT2D eigenvalue weighted by molar-refractivity contribution is 5.36. The predicted molar refractivity (Wildman–Crippen MR) is 62.6 cm³/mol. The van der Waals surface area contributed by atoms with E-state index in [1.165, 1.54) is 12.4 Å². The first kappa shape index (κ1) is 12.4. The standard InChI is InChI=1S/C13H12F2N2O/c1-9-6-11(17-8-16-9)7-10-4-2-3-5-12(10)18-13(14)15/h2-6,8,13H,7H2,1H3. The van der Waals surface area contributed by atoms with E-state index in [1.807, 2.05) is 13.0 Å². The fraction of sp³-hybridized carbons (Fsp3) is 0.231. The number of aryl methyl sites for hydroxylation is 1. The monoisotopic (exact) mass is 250 g/mol. The smallest absolute Gasteiger partial charge is 0.387 e. The van der Waals surface area contributed by atoms with Crippen LogP contribution in [0.15, 0.2) is 36.7 Å². The van der Waals surface area contributed by atoms with Gasteiger partial charge in [-0.15, -0.1) is 0 Å². The summed E-state index contributed by atoms with van der Waals surface area (Å²) in [5.74, 6) is 0.184. The molecule has 94 valence electrons. The van der Waals surface area contributed by atoms with Gasteiger partial charge in [0.1, 0.15) is 12.1 Å². The van der Waals surface area contributed by atoms with Crippen LogP contribution < -0.4 is 4.74 Å². The normalized spacial score (nSPS) is 10.7. The quantitative estimate of drug-likeness (QED) is 0.836. The molecule has 1 aromatic carbocycles. The molecular formula is C13H12F2N2O. The Balaban J connectivity index is 2.23. The van der Waals surface area contributed by atoms with Gasteiger partial charge >= 0.3 is 6.61 Å². The third kappa shape index (κ3) is 3.23. The van der Waals surface area contributed by atoms with Crippen LogP contribution in [0, 0.1) is 6.92 Å². The second kappa shape index (κ2) is 5.53. The summed E-state index contributed by atoms with van der Waals surface area (Å²) in [6.45, 7) is -0.967. The number of hydrogen-bond donors (Lipinski definition) is 0. The highest BCUT2D eigenvalue weighted by Crippen LogP contribution is 2.22. The molecule has 5 heteroatoms. The van der Waals surface area contributed by atoms with Gasteiger partial charge in [-0.1, -0.05) is 18.2 Å². The van der Waals surface area contributed by atoms with Gasteiger partial charge in [-0.05, 0) is 19.1 Å². The fourth-order valence-corrected chi connectivity index (χ4v) is 1.66. The Morgan fingerprint density at radius 2 is 2.00 bits per heavy atom. The van der Waals surface area contributed by atoms with Crippen LogP contribution in [0.25, 0.3) is 0 Å². The minimum atomic E-state index is -2.82. The molecule has 1 heterocycles. The Kier molecular flexibility index (Phi) is 3.82. The van der Waals surface area contributed by atoms with Crippen molar-refractivity contribution in [1.82, 2.24) is 9.97 Å². The van der Waals surface area contributed by atoms with Crippen LogP contribution in [0.2, 0.25) is 0 Å². The van der Waals surface area contributed by atoms with E-state index in [4.69, 9.17) is 0 Å². The lowest BCUT2D eigenvalue weighted by Gasteiger charge is -2.10. The summed E-state index contributed by atoms with van der Waals surface area (Å²) < 4.78 is 29.0. The van der Waals surface area contributed by atoms with Crippen LogP contribution in [0.1, 0.15) is 17.0 Å². The van der Waals surface area contributed by atoms with Crippen LogP contribution in [-0.2, 0) is 6.42 Å². The fourth-order valence-electron chi connectivity index (χ4n) is 1.66. The van der Waals surface area contributed by atoms with E-state index in [1.54, 1.807) is 18.2 Å². The maximum absolute atomic E-state index is 12.3. The summed E-state index contributed by atoms with van der Waals surface area (Å²) in [4.78, 5) is 8.09. The zero-order valence-corrected chi connectivity index (χ0v) is 9.81. The van der Waals surface area contributed by atoms with Crippen LogP contribution in [0.3, 0.4) is 0 Å². The summed E-state index contributed by atoms with van der Waals surface area (Å²) in [7, 11) is 0. The van der Waals surface area contributed by atoms with Gasteiger partial charge < -0.3 is 4.74 Å². The third-order valence-corrected chi connectivity index (χ3v) is 2.42. The van der Waals surface area contributed by atoms with Crippen molar-refractivity contribution >= 4 is 0 Å². The maximum atomic E-state index is 12.3. The number of alkyl halides is 2. The van der Waals surface area contributed by atoms with Crippen LogP contribution in [0.5, 0.6) is 5.75 Å². The highest BCUT2D eigenvalue weighted by atomic mass is 19.3. The minimum absolute atomic E-state index is 0.184. The second-order valence-corrected chi connectivity index (χ2v) is 3.81. The maximum Gasteiger partial charge on any atom is 0.387 e. The van der Waals surface area contributed by atoms with Crippen molar-refractivity contribution in [3.63, 3.8) is 0 Å². The van der Waals surface area contributed by atoms with E-state index < -0.39 is 6.61 Å². The molecule has 0 atom stereocenters. The Hall–Kier alpha value is -2.04. The minimum Gasteiger partial charge on any atom is -0.435 e. The summed E-state index contributed by atoms with van der Waals surface area (Å²) >= 11 is 0. The molecule has 0 saturated heterocycles. The van der Waals surface area contributed by atoms with Crippen LogP contribution in [0.4, 0.5) is 8.78 Å². The molecule has 0 unspecified atom stereocenters. The van der Waals surface area contributed by atoms with Gasteiger partial charge in [-0.25, -0.2) is 9.97 Å². The lowest BCUT2D eigenvalue weighted by molar-refractivity contribution is -0.0503. The van der Waals surface area contributed by atoms with Crippen molar-refractivity contribution in [2.75, 3.05) is 0 Å². The summed E-state index contributed by atoms with van der Waals surface area (Å²) in [5.41, 5.74) is 2.29. The molecule has 2 rings (SSSR count). The lowest BCUT2D eigenvalue weighted by atomic mass is 10.1. The first-order chi connectivity index (χ1) is 8.65. The van der Waals surface area contributed by atoms with Crippen LogP contribution >= 0.6 is 0 Å². The van der Waals surface area contributed by atoms with Crippen molar-refractivity contribution < 1.29 is 13.5 Å². The number of para-hydroxylation sites is 1. The molecule has 0 spiro atoms. The van der Waals surface area contributed by atoms with Gasteiger partial charge in [0.2, 0.25) is 0 Å². The van der Waals surface area contributed by atoms with Crippen molar-refractivity contribution in [2.24, 2.45) is 0 Å². The van der Waals surface area contributed by atoms with E-state index in [0.29, 0.717) is 12.0 Å². The van der Waals surface area contributed by atoms with Crippen molar-refractivity contribution in [1.29, 1.82) is 0 Å². The summed E-state index contributed by atoms with van der Waals surface area (Å²) in [6, 6.07) is 8.53. The topological polar surface area (TPSA) is 35.0 Å². The molecule has 18 heavy (non-hydrogen) atoms. The van der Waals surface area contributed by atoms with Gasteiger partial charge in [-0.2, -0.15) is 8.78 Å². The Bertz CT molecular complexity index is 532.